The van der Waals surface area contributed by atoms with Crippen LogP contribution in [0.25, 0.3) is 22.6 Å². The van der Waals surface area contributed by atoms with E-state index in [4.69, 9.17) is 4.52 Å². The lowest BCUT2D eigenvalue weighted by Gasteiger charge is -2.15. The smallest absolute Gasteiger partial charge is 0.406 e. The number of hydrogen-bond acceptors (Lipinski definition) is 5. The minimum Gasteiger partial charge on any atom is -0.406 e. The molecule has 0 aliphatic carbocycles. The first-order chi connectivity index (χ1) is 16.0. The van der Waals surface area contributed by atoms with Gasteiger partial charge in [0.15, 0.2) is 5.76 Å². The molecular formula is C23H14F6N2O3. The van der Waals surface area contributed by atoms with Crippen LogP contribution in [0.3, 0.4) is 0 Å². The second kappa shape index (κ2) is 8.82. The SMILES string of the molecule is OC(c1cccnc1)c1c(-c2ccc(OC(F)(F)F)cc2)noc1-c1ccccc1C(F)(F)F. The molecule has 0 fully saturated rings. The molecule has 2 aromatic heterocycles. The maximum absolute atomic E-state index is 13.7. The molecule has 5 nitrogen and oxygen atoms in total. The van der Waals surface area contributed by atoms with Crippen LogP contribution >= 0.6 is 0 Å². The number of halogens is 6. The Kier molecular flexibility index (Phi) is 6.05. The molecule has 0 aliphatic heterocycles. The molecule has 0 bridgehead atoms. The summed E-state index contributed by atoms with van der Waals surface area (Å²) in [5, 5.41) is 14.9. The minimum absolute atomic E-state index is 0.0538. The van der Waals surface area contributed by atoms with Crippen molar-refractivity contribution in [1.29, 1.82) is 0 Å². The van der Waals surface area contributed by atoms with Gasteiger partial charge in [0.05, 0.1) is 11.1 Å². The molecule has 11 heteroatoms. The zero-order valence-electron chi connectivity index (χ0n) is 16.9. The van der Waals surface area contributed by atoms with Crippen LogP contribution in [0.5, 0.6) is 5.75 Å². The zero-order valence-corrected chi connectivity index (χ0v) is 16.9. The van der Waals surface area contributed by atoms with Gasteiger partial charge in [-0.1, -0.05) is 29.4 Å². The summed E-state index contributed by atoms with van der Waals surface area (Å²) >= 11 is 0. The highest BCUT2D eigenvalue weighted by Gasteiger charge is 2.37. The van der Waals surface area contributed by atoms with E-state index in [1.165, 1.54) is 54.9 Å². The summed E-state index contributed by atoms with van der Waals surface area (Å²) in [6.07, 6.45) is -8.36. The molecule has 34 heavy (non-hydrogen) atoms. The van der Waals surface area contributed by atoms with Gasteiger partial charge in [0.1, 0.15) is 17.5 Å². The number of hydrogen-bond donors (Lipinski definition) is 1. The van der Waals surface area contributed by atoms with E-state index in [0.29, 0.717) is 0 Å². The number of nitrogens with zero attached hydrogens (tertiary/aromatic N) is 2. The van der Waals surface area contributed by atoms with E-state index >= 15 is 0 Å². The van der Waals surface area contributed by atoms with Crippen LogP contribution in [-0.2, 0) is 6.18 Å². The van der Waals surface area contributed by atoms with E-state index in [2.05, 4.69) is 14.9 Å². The van der Waals surface area contributed by atoms with Crippen molar-refractivity contribution in [2.75, 3.05) is 0 Å². The minimum atomic E-state index is -4.90. The lowest BCUT2D eigenvalue weighted by atomic mass is 9.93. The second-order valence-corrected chi connectivity index (χ2v) is 7.08. The normalized spacial score (nSPS) is 13.0. The van der Waals surface area contributed by atoms with Gasteiger partial charge in [0.25, 0.3) is 0 Å². The predicted octanol–water partition coefficient (Wildman–Crippen LogP) is 6.40. The summed E-state index contributed by atoms with van der Waals surface area (Å²) in [4.78, 5) is 3.91. The maximum Gasteiger partial charge on any atom is 0.573 e. The molecule has 1 N–H and O–H groups in total. The van der Waals surface area contributed by atoms with Crippen LogP contribution in [0, 0.1) is 0 Å². The second-order valence-electron chi connectivity index (χ2n) is 7.08. The number of ether oxygens (including phenoxy) is 1. The largest absolute Gasteiger partial charge is 0.573 e. The third-order valence-electron chi connectivity index (χ3n) is 4.84. The molecular weight excluding hydrogens is 466 g/mol. The van der Waals surface area contributed by atoms with Crippen molar-refractivity contribution in [2.45, 2.75) is 18.6 Å². The fraction of sp³-hybridized carbons (Fsp3) is 0.130. The average molecular weight is 480 g/mol. The van der Waals surface area contributed by atoms with E-state index in [-0.39, 0.29) is 33.7 Å². The topological polar surface area (TPSA) is 68.4 Å². The van der Waals surface area contributed by atoms with Gasteiger partial charge in [-0.05, 0) is 36.4 Å². The van der Waals surface area contributed by atoms with Gasteiger partial charge in [-0.25, -0.2) is 0 Å². The Morgan fingerprint density at radius 3 is 2.21 bits per heavy atom. The van der Waals surface area contributed by atoms with Crippen LogP contribution in [0.1, 0.15) is 22.8 Å². The molecule has 4 aromatic rings. The van der Waals surface area contributed by atoms with Gasteiger partial charge in [0, 0.05) is 29.1 Å². The molecule has 0 aliphatic rings. The fourth-order valence-corrected chi connectivity index (χ4v) is 3.40. The highest BCUT2D eigenvalue weighted by molar-refractivity contribution is 5.76. The van der Waals surface area contributed by atoms with E-state index in [0.717, 1.165) is 18.2 Å². The summed E-state index contributed by atoms with van der Waals surface area (Å²) in [6.45, 7) is 0. The molecule has 0 spiro atoms. The third-order valence-corrected chi connectivity index (χ3v) is 4.84. The summed E-state index contributed by atoms with van der Waals surface area (Å²) in [5.74, 6) is -0.841. The molecule has 4 rings (SSSR count). The molecule has 0 saturated carbocycles. The first-order valence-electron chi connectivity index (χ1n) is 9.65. The Balaban J connectivity index is 1.88. The maximum atomic E-state index is 13.7. The number of rotatable bonds is 5. The zero-order chi connectivity index (χ0) is 24.5. The van der Waals surface area contributed by atoms with Crippen molar-refractivity contribution >= 4 is 0 Å². The van der Waals surface area contributed by atoms with Crippen LogP contribution in [0.4, 0.5) is 26.3 Å². The molecule has 0 amide bonds. The molecule has 1 unspecified atom stereocenters. The van der Waals surface area contributed by atoms with E-state index in [1.807, 2.05) is 0 Å². The highest BCUT2D eigenvalue weighted by Crippen LogP contribution is 2.43. The van der Waals surface area contributed by atoms with Crippen molar-refractivity contribution in [3.05, 3.63) is 89.7 Å². The number of aromatic nitrogens is 2. The van der Waals surface area contributed by atoms with Crippen molar-refractivity contribution in [1.82, 2.24) is 10.1 Å². The van der Waals surface area contributed by atoms with Crippen molar-refractivity contribution < 1.29 is 40.7 Å². The van der Waals surface area contributed by atoms with Gasteiger partial charge < -0.3 is 14.4 Å². The van der Waals surface area contributed by atoms with Gasteiger partial charge in [-0.15, -0.1) is 13.2 Å². The van der Waals surface area contributed by atoms with Gasteiger partial charge in [-0.2, -0.15) is 13.2 Å². The number of pyridine rings is 1. The molecule has 2 aromatic carbocycles. The van der Waals surface area contributed by atoms with Gasteiger partial charge in [-0.3, -0.25) is 4.98 Å². The van der Waals surface area contributed by atoms with E-state index < -0.39 is 30.0 Å². The number of benzene rings is 2. The third kappa shape index (κ3) is 4.88. The van der Waals surface area contributed by atoms with Gasteiger partial charge >= 0.3 is 12.5 Å². The standard InChI is InChI=1S/C23H14F6N2O3/c24-22(25,26)17-6-2-1-5-16(17)21-18(20(32)14-4-3-11-30-12-14)19(31-34-21)13-7-9-15(10-8-13)33-23(27,28)29/h1-12,20,32H. The Labute approximate surface area is 188 Å². The molecule has 0 radical (unpaired) electrons. The van der Waals surface area contributed by atoms with E-state index in [9.17, 15) is 31.4 Å². The number of aliphatic hydroxyl groups is 1. The van der Waals surface area contributed by atoms with Crippen LogP contribution < -0.4 is 4.74 Å². The van der Waals surface area contributed by atoms with Gasteiger partial charge in [0.2, 0.25) is 0 Å². The highest BCUT2D eigenvalue weighted by atomic mass is 19.4. The quantitative estimate of drug-likeness (QED) is 0.335. The molecule has 0 saturated heterocycles. The summed E-state index contributed by atoms with van der Waals surface area (Å²) in [5.41, 5.74) is -1.09. The van der Waals surface area contributed by atoms with Crippen LogP contribution in [-0.4, -0.2) is 21.6 Å². The number of alkyl halides is 6. The first-order valence-corrected chi connectivity index (χ1v) is 9.65. The first kappa shape index (κ1) is 23.3. The summed E-state index contributed by atoms with van der Waals surface area (Å²) in [7, 11) is 0. The van der Waals surface area contributed by atoms with Crippen LogP contribution in [0.15, 0.2) is 77.6 Å². The van der Waals surface area contributed by atoms with Crippen LogP contribution in [0.2, 0.25) is 0 Å². The molecule has 1 atom stereocenters. The lowest BCUT2D eigenvalue weighted by molar-refractivity contribution is -0.274. The Hall–Kier alpha value is -3.86. The molecule has 176 valence electrons. The summed E-state index contributed by atoms with van der Waals surface area (Å²) in [6, 6.07) is 12.1. The van der Waals surface area contributed by atoms with E-state index in [1.54, 1.807) is 0 Å². The predicted molar refractivity (Wildman–Crippen MR) is 107 cm³/mol. The van der Waals surface area contributed by atoms with Crippen molar-refractivity contribution in [2.24, 2.45) is 0 Å². The summed E-state index contributed by atoms with van der Waals surface area (Å²) < 4.78 is 87.5. The van der Waals surface area contributed by atoms with Crippen molar-refractivity contribution in [3.8, 4) is 28.3 Å². The number of aliphatic hydroxyl groups excluding tert-OH is 1. The lowest BCUT2D eigenvalue weighted by Crippen LogP contribution is -2.16. The Bertz CT molecular complexity index is 1270. The van der Waals surface area contributed by atoms with Crippen molar-refractivity contribution in [3.63, 3.8) is 0 Å². The Morgan fingerprint density at radius 1 is 0.882 bits per heavy atom. The molecule has 2 heterocycles. The Morgan fingerprint density at radius 2 is 1.59 bits per heavy atom. The fourth-order valence-electron chi connectivity index (χ4n) is 3.40. The monoisotopic (exact) mass is 480 g/mol. The average Bonchev–Trinajstić information content (AvgIpc) is 3.23.